The molecule has 0 spiro atoms. The summed E-state index contributed by atoms with van der Waals surface area (Å²) >= 11 is 0. The van der Waals surface area contributed by atoms with Crippen molar-refractivity contribution in [3.8, 4) is 33.4 Å². The van der Waals surface area contributed by atoms with Crippen LogP contribution >= 0.6 is 0 Å². The van der Waals surface area contributed by atoms with Crippen molar-refractivity contribution in [3.63, 3.8) is 0 Å². The second-order valence-corrected chi connectivity index (χ2v) is 22.5. The van der Waals surface area contributed by atoms with Crippen LogP contribution in [0.15, 0.2) is 376 Å². The summed E-state index contributed by atoms with van der Waals surface area (Å²) in [6, 6.07) is 137. The third kappa shape index (κ3) is 10.3. The zero-order chi connectivity index (χ0) is 59.4. The number of hydrogen-bond acceptors (Lipinski definition) is 4. The van der Waals surface area contributed by atoms with Crippen molar-refractivity contribution in [2.24, 2.45) is 0 Å². The van der Waals surface area contributed by atoms with Crippen LogP contribution in [-0.4, -0.2) is 0 Å². The van der Waals surface area contributed by atoms with Gasteiger partial charge in [-0.1, -0.05) is 231 Å². The molecule has 0 amide bonds. The van der Waals surface area contributed by atoms with Crippen LogP contribution in [0.2, 0.25) is 0 Å². The van der Waals surface area contributed by atoms with Crippen molar-refractivity contribution in [2.45, 2.75) is 5.41 Å². The van der Waals surface area contributed by atoms with E-state index in [2.05, 4.69) is 396 Å². The number of hydrogen-bond donors (Lipinski definition) is 0. The predicted molar refractivity (Wildman–Crippen MR) is 373 cm³/mol. The number of benzene rings is 14. The first-order valence-corrected chi connectivity index (χ1v) is 30.5. The molecule has 0 aromatic heterocycles. The molecule has 4 nitrogen and oxygen atoms in total. The summed E-state index contributed by atoms with van der Waals surface area (Å²) < 4.78 is 0. The van der Waals surface area contributed by atoms with E-state index in [0.29, 0.717) is 0 Å². The Morgan fingerprint density at radius 3 is 0.562 bits per heavy atom. The molecule has 0 heterocycles. The van der Waals surface area contributed by atoms with Gasteiger partial charge in [0.1, 0.15) is 0 Å². The van der Waals surface area contributed by atoms with E-state index < -0.39 is 5.41 Å². The van der Waals surface area contributed by atoms with Crippen LogP contribution in [0.5, 0.6) is 0 Å². The highest BCUT2D eigenvalue weighted by atomic mass is 15.2. The van der Waals surface area contributed by atoms with Gasteiger partial charge in [-0.25, -0.2) is 0 Å². The first-order valence-electron chi connectivity index (χ1n) is 30.5. The summed E-state index contributed by atoms with van der Waals surface area (Å²) in [5, 5.41) is 0. The summed E-state index contributed by atoms with van der Waals surface area (Å²) in [5.41, 5.74) is 24.0. The summed E-state index contributed by atoms with van der Waals surface area (Å²) in [6.45, 7) is 0. The molecule has 15 rings (SSSR count). The lowest BCUT2D eigenvalue weighted by molar-refractivity contribution is 0.768. The highest BCUT2D eigenvalue weighted by molar-refractivity contribution is 5.93. The van der Waals surface area contributed by atoms with Gasteiger partial charge in [-0.05, 0) is 201 Å². The van der Waals surface area contributed by atoms with Crippen LogP contribution in [0.3, 0.4) is 0 Å². The quantitative estimate of drug-likeness (QED) is 0.0956. The fourth-order valence-electron chi connectivity index (χ4n) is 13.2. The highest BCUT2D eigenvalue weighted by Crippen LogP contribution is 2.59. The van der Waals surface area contributed by atoms with Crippen LogP contribution in [0.1, 0.15) is 22.3 Å². The van der Waals surface area contributed by atoms with Gasteiger partial charge < -0.3 is 19.6 Å². The van der Waals surface area contributed by atoms with E-state index in [1.807, 2.05) is 0 Å². The summed E-state index contributed by atoms with van der Waals surface area (Å²) in [6.07, 6.45) is 0. The molecule has 0 aliphatic heterocycles. The third-order valence-electron chi connectivity index (χ3n) is 17.3. The Kier molecular flexibility index (Phi) is 14.5. The second-order valence-electron chi connectivity index (χ2n) is 22.5. The van der Waals surface area contributed by atoms with Crippen molar-refractivity contribution in [2.75, 3.05) is 19.6 Å². The molecule has 14 aromatic rings. The molecule has 4 heteroatoms. The molecule has 14 aromatic carbocycles. The van der Waals surface area contributed by atoms with Gasteiger partial charge in [0, 0.05) is 68.2 Å². The highest BCUT2D eigenvalue weighted by Gasteiger charge is 2.47. The van der Waals surface area contributed by atoms with Crippen molar-refractivity contribution in [3.05, 3.63) is 398 Å². The minimum Gasteiger partial charge on any atom is -0.311 e. The Morgan fingerprint density at radius 1 is 0.157 bits per heavy atom. The zero-order valence-corrected chi connectivity index (χ0v) is 49.1. The third-order valence-corrected chi connectivity index (χ3v) is 17.3. The Labute approximate surface area is 522 Å². The number of para-hydroxylation sites is 8. The standard InChI is InChI=1S/C85H62N4/c1-9-25-69(26-10-1)86(70-27-11-2-12-28-70)77-53-45-65(46-54-77)63-41-49-67(50-42-63)85(68-51-43-64(44-52-68)66-47-55-78(56-48-66)87(71-29-13-3-14-30-71)72-31-15-4-16-32-72)83-61-79(88(73-33-17-5-18-34-73)74-35-19-6-20-36-74)57-59-81(83)82-60-58-80(62-84(82)85)89(75-37-21-7-22-38-75)76-39-23-8-24-40-76/h1-62H. The maximum Gasteiger partial charge on any atom is 0.0715 e. The van der Waals surface area contributed by atoms with Gasteiger partial charge in [0.05, 0.1) is 5.41 Å². The monoisotopic (exact) mass is 1140 g/mol. The van der Waals surface area contributed by atoms with Crippen LogP contribution in [-0.2, 0) is 5.41 Å². The van der Waals surface area contributed by atoms with Gasteiger partial charge in [-0.2, -0.15) is 0 Å². The molecule has 0 radical (unpaired) electrons. The van der Waals surface area contributed by atoms with Gasteiger partial charge in [0.25, 0.3) is 0 Å². The minimum absolute atomic E-state index is 0.808. The van der Waals surface area contributed by atoms with E-state index in [1.165, 1.54) is 33.4 Å². The number of fused-ring (bicyclic) bond motifs is 3. The minimum atomic E-state index is -0.808. The first kappa shape index (κ1) is 54.0. The van der Waals surface area contributed by atoms with E-state index in [9.17, 15) is 0 Å². The largest absolute Gasteiger partial charge is 0.311 e. The SMILES string of the molecule is c1ccc(N(c2ccccc2)c2ccc(-c3ccc(C4(c5ccc(-c6ccc(N(c7ccccc7)c7ccccc7)cc6)cc5)c5cc(N(c6ccccc6)c6ccccc6)ccc5-c5ccc(N(c6ccccc6)c6ccccc6)cc54)cc3)cc2)cc1. The second kappa shape index (κ2) is 24.0. The number of nitrogens with zero attached hydrogens (tertiary/aromatic N) is 4. The lowest BCUT2D eigenvalue weighted by atomic mass is 9.67. The van der Waals surface area contributed by atoms with Crippen molar-refractivity contribution >= 4 is 68.2 Å². The summed E-state index contributed by atoms with van der Waals surface area (Å²) in [5.74, 6) is 0. The smallest absolute Gasteiger partial charge is 0.0715 e. The molecule has 0 atom stereocenters. The van der Waals surface area contributed by atoms with Crippen LogP contribution in [0.4, 0.5) is 68.2 Å². The molecule has 0 fully saturated rings. The van der Waals surface area contributed by atoms with E-state index in [1.54, 1.807) is 0 Å². The van der Waals surface area contributed by atoms with Gasteiger partial charge in [0.2, 0.25) is 0 Å². The van der Waals surface area contributed by atoms with Crippen LogP contribution in [0.25, 0.3) is 33.4 Å². The normalized spacial score (nSPS) is 11.9. The molecule has 0 unspecified atom stereocenters. The van der Waals surface area contributed by atoms with Gasteiger partial charge >= 0.3 is 0 Å². The summed E-state index contributed by atoms with van der Waals surface area (Å²) in [7, 11) is 0. The number of anilines is 12. The molecule has 1 aliphatic rings. The molecule has 89 heavy (non-hydrogen) atoms. The molecular formula is C85H62N4. The van der Waals surface area contributed by atoms with Crippen molar-refractivity contribution in [1.29, 1.82) is 0 Å². The van der Waals surface area contributed by atoms with E-state index in [0.717, 1.165) is 90.5 Å². The fourth-order valence-corrected chi connectivity index (χ4v) is 13.2. The maximum absolute atomic E-state index is 2.47. The molecule has 0 saturated carbocycles. The Morgan fingerprint density at radius 2 is 0.337 bits per heavy atom. The molecule has 0 saturated heterocycles. The first-order chi connectivity index (χ1) is 44.2. The molecule has 1 aliphatic carbocycles. The summed E-state index contributed by atoms with van der Waals surface area (Å²) in [4.78, 5) is 9.40. The molecule has 0 bridgehead atoms. The van der Waals surface area contributed by atoms with Crippen LogP contribution in [0, 0.1) is 0 Å². The molecular weight excluding hydrogens is 1080 g/mol. The van der Waals surface area contributed by atoms with Gasteiger partial charge in [0.15, 0.2) is 0 Å². The zero-order valence-electron chi connectivity index (χ0n) is 49.1. The van der Waals surface area contributed by atoms with E-state index in [4.69, 9.17) is 0 Å². The predicted octanol–water partition coefficient (Wildman–Crippen LogP) is 23.3. The Hall–Kier alpha value is -11.7. The van der Waals surface area contributed by atoms with Crippen molar-refractivity contribution < 1.29 is 0 Å². The van der Waals surface area contributed by atoms with Gasteiger partial charge in [-0.15, -0.1) is 0 Å². The lowest BCUT2D eigenvalue weighted by Gasteiger charge is -2.36. The Bertz CT molecular complexity index is 4190. The number of rotatable bonds is 16. The van der Waals surface area contributed by atoms with Gasteiger partial charge in [-0.3, -0.25) is 0 Å². The average molecular weight is 1140 g/mol. The Balaban J connectivity index is 0.916. The topological polar surface area (TPSA) is 13.0 Å². The fraction of sp³-hybridized carbons (Fsp3) is 0.0118. The van der Waals surface area contributed by atoms with E-state index in [-0.39, 0.29) is 0 Å². The van der Waals surface area contributed by atoms with E-state index >= 15 is 0 Å². The molecule has 0 N–H and O–H groups in total. The van der Waals surface area contributed by atoms with Crippen LogP contribution < -0.4 is 19.6 Å². The van der Waals surface area contributed by atoms with Crippen molar-refractivity contribution in [1.82, 2.24) is 0 Å². The molecule has 422 valence electrons. The lowest BCUT2D eigenvalue weighted by Crippen LogP contribution is -2.29. The average Bonchev–Trinajstić information content (AvgIpc) is 1.72. The maximum atomic E-state index is 2.47.